The van der Waals surface area contributed by atoms with Crippen LogP contribution in [0, 0.1) is 5.92 Å². The van der Waals surface area contributed by atoms with Gasteiger partial charge in [0, 0.05) is 19.1 Å². The van der Waals surface area contributed by atoms with Crippen molar-refractivity contribution in [2.24, 2.45) is 11.7 Å². The van der Waals surface area contributed by atoms with Gasteiger partial charge in [-0.15, -0.1) is 0 Å². The average Bonchev–Trinajstić information content (AvgIpc) is 2.59. The maximum Gasteiger partial charge on any atom is 0.276 e. The van der Waals surface area contributed by atoms with Gasteiger partial charge in [-0.1, -0.05) is 6.92 Å². The molecule has 1 rings (SSSR count). The molecule has 0 aromatic carbocycles. The third-order valence-corrected chi connectivity index (χ3v) is 3.82. The van der Waals surface area contributed by atoms with Crippen LogP contribution in [0.15, 0.2) is 0 Å². The molecule has 0 bridgehead atoms. The molecule has 2 atom stereocenters. The largest absolute Gasteiger partial charge is 0.328 e. The predicted molar refractivity (Wildman–Crippen MR) is 60.5 cm³/mol. The SMILES string of the molecule is CCCNS(=O)(=O)NCC1CCC(N)C1. The lowest BCUT2D eigenvalue weighted by Gasteiger charge is -2.11. The number of hydrogen-bond donors (Lipinski definition) is 3. The molecule has 0 saturated heterocycles. The lowest BCUT2D eigenvalue weighted by atomic mass is 10.1. The van der Waals surface area contributed by atoms with E-state index in [4.69, 9.17) is 5.73 Å². The summed E-state index contributed by atoms with van der Waals surface area (Å²) in [5, 5.41) is 0. The van der Waals surface area contributed by atoms with Crippen molar-refractivity contribution in [1.82, 2.24) is 9.44 Å². The van der Waals surface area contributed by atoms with Gasteiger partial charge in [0.25, 0.3) is 10.2 Å². The molecule has 1 aliphatic rings. The first-order valence-electron chi connectivity index (χ1n) is 5.53. The zero-order chi connectivity index (χ0) is 11.3. The predicted octanol–water partition coefficient (Wildman–Crippen LogP) is -0.0522. The van der Waals surface area contributed by atoms with Crippen LogP contribution in [0.5, 0.6) is 0 Å². The first kappa shape index (κ1) is 12.9. The van der Waals surface area contributed by atoms with Crippen LogP contribution in [-0.4, -0.2) is 27.5 Å². The number of rotatable bonds is 6. The van der Waals surface area contributed by atoms with Crippen LogP contribution in [0.2, 0.25) is 0 Å². The van der Waals surface area contributed by atoms with Gasteiger partial charge < -0.3 is 5.73 Å². The Morgan fingerprint density at radius 1 is 1.33 bits per heavy atom. The molecule has 0 aliphatic heterocycles. The van der Waals surface area contributed by atoms with Gasteiger partial charge in [0.05, 0.1) is 0 Å². The van der Waals surface area contributed by atoms with E-state index in [0.29, 0.717) is 19.0 Å². The highest BCUT2D eigenvalue weighted by Gasteiger charge is 2.22. The molecular weight excluding hydrogens is 214 g/mol. The minimum atomic E-state index is -3.29. The van der Waals surface area contributed by atoms with E-state index in [1.54, 1.807) is 0 Å². The molecule has 6 heteroatoms. The van der Waals surface area contributed by atoms with Crippen molar-refractivity contribution in [3.8, 4) is 0 Å². The number of hydrogen-bond acceptors (Lipinski definition) is 3. The highest BCUT2D eigenvalue weighted by molar-refractivity contribution is 7.87. The molecular formula is C9H21N3O2S. The lowest BCUT2D eigenvalue weighted by molar-refractivity contribution is 0.507. The molecule has 0 amide bonds. The molecule has 0 aromatic heterocycles. The van der Waals surface area contributed by atoms with E-state index < -0.39 is 10.2 Å². The summed E-state index contributed by atoms with van der Waals surface area (Å²) in [7, 11) is -3.29. The molecule has 1 saturated carbocycles. The second-order valence-corrected chi connectivity index (χ2v) is 5.77. The third-order valence-electron chi connectivity index (χ3n) is 2.69. The quantitative estimate of drug-likeness (QED) is 0.603. The molecule has 0 aromatic rings. The van der Waals surface area contributed by atoms with Crippen LogP contribution < -0.4 is 15.2 Å². The van der Waals surface area contributed by atoms with Gasteiger partial charge in [-0.3, -0.25) is 0 Å². The second-order valence-electron chi connectivity index (χ2n) is 4.19. The van der Waals surface area contributed by atoms with E-state index >= 15 is 0 Å². The van der Waals surface area contributed by atoms with Crippen molar-refractivity contribution in [2.45, 2.75) is 38.6 Å². The molecule has 2 unspecified atom stereocenters. The van der Waals surface area contributed by atoms with Gasteiger partial charge in [-0.25, -0.2) is 9.44 Å². The minimum Gasteiger partial charge on any atom is -0.328 e. The first-order valence-corrected chi connectivity index (χ1v) is 7.01. The maximum absolute atomic E-state index is 11.4. The molecule has 90 valence electrons. The topological polar surface area (TPSA) is 84.2 Å². The highest BCUT2D eigenvalue weighted by atomic mass is 32.2. The Balaban J connectivity index is 2.24. The number of nitrogens with two attached hydrogens (primary N) is 1. The van der Waals surface area contributed by atoms with Crippen molar-refractivity contribution in [2.75, 3.05) is 13.1 Å². The fourth-order valence-electron chi connectivity index (χ4n) is 1.81. The van der Waals surface area contributed by atoms with Gasteiger partial charge in [-0.2, -0.15) is 8.42 Å². The maximum atomic E-state index is 11.4. The van der Waals surface area contributed by atoms with Gasteiger partial charge in [0.2, 0.25) is 0 Å². The summed E-state index contributed by atoms with van der Waals surface area (Å²) in [4.78, 5) is 0. The van der Waals surface area contributed by atoms with Crippen molar-refractivity contribution in [3.63, 3.8) is 0 Å². The number of nitrogens with one attached hydrogen (secondary N) is 2. The van der Waals surface area contributed by atoms with Crippen molar-refractivity contribution >= 4 is 10.2 Å². The van der Waals surface area contributed by atoms with E-state index in [1.807, 2.05) is 6.92 Å². The Morgan fingerprint density at radius 2 is 2.07 bits per heavy atom. The standard InChI is InChI=1S/C9H21N3O2S/c1-2-5-11-15(13,14)12-7-8-3-4-9(10)6-8/h8-9,11-12H,2-7,10H2,1H3. The molecule has 15 heavy (non-hydrogen) atoms. The zero-order valence-corrected chi connectivity index (χ0v) is 10.0. The van der Waals surface area contributed by atoms with Crippen LogP contribution in [0.25, 0.3) is 0 Å². The summed E-state index contributed by atoms with van der Waals surface area (Å²) >= 11 is 0. The molecule has 5 nitrogen and oxygen atoms in total. The first-order chi connectivity index (χ1) is 7.03. The van der Waals surface area contributed by atoms with Crippen molar-refractivity contribution in [3.05, 3.63) is 0 Å². The van der Waals surface area contributed by atoms with E-state index in [9.17, 15) is 8.42 Å². The van der Waals surface area contributed by atoms with E-state index in [0.717, 1.165) is 25.7 Å². The summed E-state index contributed by atoms with van der Waals surface area (Å²) < 4.78 is 27.8. The zero-order valence-electron chi connectivity index (χ0n) is 9.20. The Bertz CT molecular complexity index is 279. The van der Waals surface area contributed by atoms with E-state index in [-0.39, 0.29) is 6.04 Å². The highest BCUT2D eigenvalue weighted by Crippen LogP contribution is 2.23. The van der Waals surface area contributed by atoms with Crippen LogP contribution in [0.4, 0.5) is 0 Å². The summed E-state index contributed by atoms with van der Waals surface area (Å²) in [6.07, 6.45) is 3.76. The summed E-state index contributed by atoms with van der Waals surface area (Å²) in [5.41, 5.74) is 5.75. The molecule has 4 N–H and O–H groups in total. The van der Waals surface area contributed by atoms with E-state index in [1.165, 1.54) is 0 Å². The summed E-state index contributed by atoms with van der Waals surface area (Å²) in [6.45, 7) is 2.92. The molecule has 1 aliphatic carbocycles. The van der Waals surface area contributed by atoms with Crippen molar-refractivity contribution < 1.29 is 8.42 Å². The summed E-state index contributed by atoms with van der Waals surface area (Å²) in [5.74, 6) is 0.401. The van der Waals surface area contributed by atoms with Crippen molar-refractivity contribution in [1.29, 1.82) is 0 Å². The normalized spacial score (nSPS) is 27.1. The second kappa shape index (κ2) is 5.79. The monoisotopic (exact) mass is 235 g/mol. The van der Waals surface area contributed by atoms with Gasteiger partial charge in [0.1, 0.15) is 0 Å². The molecule has 0 spiro atoms. The van der Waals surface area contributed by atoms with Crippen LogP contribution in [0.1, 0.15) is 32.6 Å². The molecule has 0 radical (unpaired) electrons. The Kier molecular flexibility index (Phi) is 4.98. The fourth-order valence-corrected chi connectivity index (χ4v) is 2.84. The molecule has 0 heterocycles. The Hall–Kier alpha value is -0.170. The van der Waals surface area contributed by atoms with Crippen LogP contribution in [0.3, 0.4) is 0 Å². The summed E-state index contributed by atoms with van der Waals surface area (Å²) in [6, 6.07) is 0.253. The fraction of sp³-hybridized carbons (Fsp3) is 1.00. The van der Waals surface area contributed by atoms with Crippen LogP contribution in [-0.2, 0) is 10.2 Å². The minimum absolute atomic E-state index is 0.253. The van der Waals surface area contributed by atoms with Gasteiger partial charge in [0.15, 0.2) is 0 Å². The average molecular weight is 235 g/mol. The Labute approximate surface area is 92.0 Å². The van der Waals surface area contributed by atoms with Gasteiger partial charge in [-0.05, 0) is 31.6 Å². The van der Waals surface area contributed by atoms with Gasteiger partial charge >= 0.3 is 0 Å². The molecule has 1 fully saturated rings. The third kappa shape index (κ3) is 4.92. The Morgan fingerprint density at radius 3 is 2.60 bits per heavy atom. The lowest BCUT2D eigenvalue weighted by Crippen LogP contribution is -2.39. The smallest absolute Gasteiger partial charge is 0.276 e. The van der Waals surface area contributed by atoms with E-state index in [2.05, 4.69) is 9.44 Å². The van der Waals surface area contributed by atoms with Crippen LogP contribution >= 0.6 is 0 Å².